The molecule has 2 aliphatic rings. The highest BCUT2D eigenvalue weighted by molar-refractivity contribution is 5.33. The molecule has 0 bridgehead atoms. The van der Waals surface area contributed by atoms with E-state index in [1.54, 1.807) is 0 Å². The Morgan fingerprint density at radius 1 is 1.00 bits per heavy atom. The largest absolute Gasteiger partial charge is 0.374 e. The molecule has 2 aromatic rings. The molecule has 4 rings (SSSR count). The van der Waals surface area contributed by atoms with Crippen LogP contribution in [0.25, 0.3) is 0 Å². The number of rotatable bonds is 7. The van der Waals surface area contributed by atoms with Crippen LogP contribution in [0.3, 0.4) is 0 Å². The maximum Gasteiger partial charge on any atom is 0.270 e. The van der Waals surface area contributed by atoms with E-state index in [0.717, 1.165) is 78.6 Å². The van der Waals surface area contributed by atoms with Gasteiger partial charge in [0.2, 0.25) is 0 Å². The summed E-state index contributed by atoms with van der Waals surface area (Å²) in [5, 5.41) is 13.7. The zero-order chi connectivity index (χ0) is 22.0. The number of aromatic amines is 2. The van der Waals surface area contributed by atoms with E-state index in [1.165, 1.54) is 0 Å². The van der Waals surface area contributed by atoms with E-state index in [9.17, 15) is 9.59 Å². The van der Waals surface area contributed by atoms with E-state index in [2.05, 4.69) is 20.4 Å². The summed E-state index contributed by atoms with van der Waals surface area (Å²) < 4.78 is 12.1. The molecule has 168 valence electrons. The second-order valence-corrected chi connectivity index (χ2v) is 8.62. The third kappa shape index (κ3) is 4.50. The van der Waals surface area contributed by atoms with Crippen LogP contribution in [0.2, 0.25) is 0 Å². The number of nitrogens with zero attached hydrogens (tertiary/aromatic N) is 2. The van der Waals surface area contributed by atoms with E-state index >= 15 is 0 Å². The van der Waals surface area contributed by atoms with Gasteiger partial charge in [-0.25, -0.2) is 10.2 Å². The summed E-state index contributed by atoms with van der Waals surface area (Å²) in [6.45, 7) is 6.51. The highest BCUT2D eigenvalue weighted by Gasteiger charge is 2.29. The summed E-state index contributed by atoms with van der Waals surface area (Å²) in [5.41, 5.74) is 5.10. The van der Waals surface area contributed by atoms with Crippen molar-refractivity contribution in [2.24, 2.45) is 0 Å². The fourth-order valence-corrected chi connectivity index (χ4v) is 5.02. The summed E-state index contributed by atoms with van der Waals surface area (Å²) in [6.07, 6.45) is 6.52. The van der Waals surface area contributed by atoms with Gasteiger partial charge in [-0.15, -0.1) is 0 Å². The van der Waals surface area contributed by atoms with Gasteiger partial charge in [0, 0.05) is 6.61 Å². The van der Waals surface area contributed by atoms with Crippen LogP contribution in [0.5, 0.6) is 0 Å². The van der Waals surface area contributed by atoms with Gasteiger partial charge in [0.25, 0.3) is 11.1 Å². The second kappa shape index (κ2) is 9.44. The first-order valence-electron chi connectivity index (χ1n) is 11.4. The van der Waals surface area contributed by atoms with Crippen LogP contribution in [-0.2, 0) is 28.7 Å². The van der Waals surface area contributed by atoms with Crippen molar-refractivity contribution < 1.29 is 9.47 Å². The Balaban J connectivity index is 1.47. The molecule has 0 aliphatic heterocycles. The molecule has 0 amide bonds. The molecular weight excluding hydrogens is 396 g/mol. The Kier molecular flexibility index (Phi) is 6.67. The summed E-state index contributed by atoms with van der Waals surface area (Å²) in [4.78, 5) is 24.8. The van der Waals surface area contributed by atoms with Gasteiger partial charge in [-0.05, 0) is 83.3 Å². The molecule has 2 N–H and O–H groups in total. The number of aryl methyl sites for hydroxylation is 2. The number of hydrogen-bond donors (Lipinski definition) is 2. The van der Waals surface area contributed by atoms with E-state index in [-0.39, 0.29) is 29.4 Å². The van der Waals surface area contributed by atoms with Crippen LogP contribution in [0.15, 0.2) is 9.59 Å². The zero-order valence-electron chi connectivity index (χ0n) is 18.6. The SMILES string of the molecule is CCOC1CCCc2c(CCC(C)OC3CCCc4c(C)n[nH]c(=O)c43)n[nH]c(=O)c21. The number of nitrogens with one attached hydrogen (secondary N) is 2. The predicted octanol–water partition coefficient (Wildman–Crippen LogP) is 2.99. The number of hydrogen-bond acceptors (Lipinski definition) is 6. The molecule has 0 aromatic carbocycles. The minimum Gasteiger partial charge on any atom is -0.374 e. The van der Waals surface area contributed by atoms with Crippen LogP contribution in [0.1, 0.15) is 91.8 Å². The van der Waals surface area contributed by atoms with Gasteiger partial charge in [-0.1, -0.05) is 0 Å². The van der Waals surface area contributed by atoms with Gasteiger partial charge in [-0.2, -0.15) is 10.2 Å². The first-order chi connectivity index (χ1) is 15.0. The first-order valence-corrected chi connectivity index (χ1v) is 11.4. The van der Waals surface area contributed by atoms with Gasteiger partial charge in [0.1, 0.15) is 0 Å². The average molecular weight is 429 g/mol. The van der Waals surface area contributed by atoms with Crippen molar-refractivity contribution in [1.29, 1.82) is 0 Å². The molecular formula is C23H32N4O4. The van der Waals surface area contributed by atoms with Crippen molar-refractivity contribution in [1.82, 2.24) is 20.4 Å². The number of ether oxygens (including phenoxy) is 2. The molecule has 0 fully saturated rings. The molecule has 0 saturated carbocycles. The Morgan fingerprint density at radius 2 is 1.65 bits per heavy atom. The highest BCUT2D eigenvalue weighted by Crippen LogP contribution is 2.34. The lowest BCUT2D eigenvalue weighted by molar-refractivity contribution is -0.0173. The predicted molar refractivity (Wildman–Crippen MR) is 116 cm³/mol. The van der Waals surface area contributed by atoms with Crippen molar-refractivity contribution >= 4 is 0 Å². The van der Waals surface area contributed by atoms with Gasteiger partial charge in [0.15, 0.2) is 0 Å². The molecule has 8 heteroatoms. The minimum absolute atomic E-state index is 0.0421. The summed E-state index contributed by atoms with van der Waals surface area (Å²) in [5.74, 6) is 0. The lowest BCUT2D eigenvalue weighted by atomic mass is 9.88. The number of fused-ring (bicyclic) bond motifs is 2. The summed E-state index contributed by atoms with van der Waals surface area (Å²) in [7, 11) is 0. The topological polar surface area (TPSA) is 110 Å². The normalized spacial score (nSPS) is 21.4. The molecule has 0 spiro atoms. The second-order valence-electron chi connectivity index (χ2n) is 8.62. The molecule has 2 aliphatic carbocycles. The lowest BCUT2D eigenvalue weighted by Crippen LogP contribution is -2.29. The summed E-state index contributed by atoms with van der Waals surface area (Å²) >= 11 is 0. The molecule has 31 heavy (non-hydrogen) atoms. The molecule has 3 atom stereocenters. The average Bonchev–Trinajstić information content (AvgIpc) is 2.76. The van der Waals surface area contributed by atoms with Crippen molar-refractivity contribution in [2.75, 3.05) is 6.61 Å². The Labute approximate surface area is 181 Å². The maximum atomic E-state index is 12.4. The molecule has 0 radical (unpaired) electrons. The molecule has 3 unspecified atom stereocenters. The van der Waals surface area contributed by atoms with Crippen LogP contribution in [-0.4, -0.2) is 33.1 Å². The lowest BCUT2D eigenvalue weighted by Gasteiger charge is -2.28. The Hall–Kier alpha value is -2.32. The number of aromatic nitrogens is 4. The van der Waals surface area contributed by atoms with E-state index in [1.807, 2.05) is 20.8 Å². The van der Waals surface area contributed by atoms with Gasteiger partial charge < -0.3 is 9.47 Å². The molecule has 2 heterocycles. The molecule has 8 nitrogen and oxygen atoms in total. The van der Waals surface area contributed by atoms with Gasteiger partial charge in [0.05, 0.1) is 40.8 Å². The van der Waals surface area contributed by atoms with E-state index in [0.29, 0.717) is 13.0 Å². The molecule has 2 aromatic heterocycles. The van der Waals surface area contributed by atoms with Crippen molar-refractivity contribution in [3.63, 3.8) is 0 Å². The minimum atomic E-state index is -0.205. The van der Waals surface area contributed by atoms with E-state index in [4.69, 9.17) is 9.47 Å². The maximum absolute atomic E-state index is 12.4. The van der Waals surface area contributed by atoms with E-state index < -0.39 is 0 Å². The molecule has 0 saturated heterocycles. The van der Waals surface area contributed by atoms with Crippen molar-refractivity contribution in [3.05, 3.63) is 54.3 Å². The first kappa shape index (κ1) is 21.9. The Bertz CT molecular complexity index is 1040. The van der Waals surface area contributed by atoms with Crippen LogP contribution in [0, 0.1) is 6.92 Å². The van der Waals surface area contributed by atoms with Crippen molar-refractivity contribution in [3.8, 4) is 0 Å². The Morgan fingerprint density at radius 3 is 2.39 bits per heavy atom. The third-order valence-corrected chi connectivity index (χ3v) is 6.52. The fourth-order valence-electron chi connectivity index (χ4n) is 5.02. The van der Waals surface area contributed by atoms with Crippen molar-refractivity contribution in [2.45, 2.75) is 90.4 Å². The fraction of sp³-hybridized carbons (Fsp3) is 0.652. The standard InChI is InChI=1S/C23H32N4O4/c1-4-30-18-9-6-8-16-17(25-27-23(29)21(16)18)12-11-13(2)31-19-10-5-7-15-14(3)24-26-22(28)20(15)19/h13,18-19H,4-12H2,1-3H3,(H,26,28)(H,27,29). The third-order valence-electron chi connectivity index (χ3n) is 6.52. The van der Waals surface area contributed by atoms with Crippen LogP contribution < -0.4 is 11.1 Å². The summed E-state index contributed by atoms with van der Waals surface area (Å²) in [6, 6.07) is 0. The quantitative estimate of drug-likeness (QED) is 0.702. The van der Waals surface area contributed by atoms with Gasteiger partial charge in [-0.3, -0.25) is 9.59 Å². The van der Waals surface area contributed by atoms with Crippen LogP contribution in [0.4, 0.5) is 0 Å². The van der Waals surface area contributed by atoms with Gasteiger partial charge >= 0.3 is 0 Å². The smallest absolute Gasteiger partial charge is 0.270 e. The monoisotopic (exact) mass is 428 g/mol. The van der Waals surface area contributed by atoms with Crippen LogP contribution >= 0.6 is 0 Å². The number of H-pyrrole nitrogens is 2. The highest BCUT2D eigenvalue weighted by atomic mass is 16.5. The zero-order valence-corrected chi connectivity index (χ0v) is 18.6.